The van der Waals surface area contributed by atoms with Gasteiger partial charge in [0.25, 0.3) is 0 Å². The highest BCUT2D eigenvalue weighted by atomic mass is 16.2. The summed E-state index contributed by atoms with van der Waals surface area (Å²) in [6.07, 6.45) is 4.85. The maximum atomic E-state index is 11.9. The van der Waals surface area contributed by atoms with Gasteiger partial charge in [0.2, 0.25) is 5.91 Å². The molecule has 2 atom stereocenters. The molecule has 14 heavy (non-hydrogen) atoms. The summed E-state index contributed by atoms with van der Waals surface area (Å²) < 4.78 is 0. The number of carbonyl (C=O) groups excluding carboxylic acids is 1. The van der Waals surface area contributed by atoms with E-state index >= 15 is 0 Å². The standard InChI is InChI=1S/C11H18N2O/c14-11(9-2-3-9)13-6-8-1-4-10(7-13)12-5-8/h8-10,12H,1-7H2. The van der Waals surface area contributed by atoms with E-state index in [0.717, 1.165) is 38.4 Å². The van der Waals surface area contributed by atoms with Crippen LogP contribution in [-0.4, -0.2) is 36.5 Å². The minimum absolute atomic E-state index is 0.396. The summed E-state index contributed by atoms with van der Waals surface area (Å²) in [6, 6.07) is 0.580. The van der Waals surface area contributed by atoms with Crippen LogP contribution in [0.5, 0.6) is 0 Å². The Hall–Kier alpha value is -0.570. The number of piperidine rings is 1. The molecule has 3 aliphatic heterocycles. The number of hydrogen-bond acceptors (Lipinski definition) is 2. The Bertz CT molecular complexity index is 228. The average molecular weight is 194 g/mol. The molecule has 0 aromatic rings. The van der Waals surface area contributed by atoms with Gasteiger partial charge >= 0.3 is 0 Å². The molecule has 78 valence electrons. The van der Waals surface area contributed by atoms with Gasteiger partial charge in [0.05, 0.1) is 0 Å². The SMILES string of the molecule is O=C(C1CC1)N1CC2CCC(C1)NC2. The molecule has 3 saturated heterocycles. The molecule has 2 unspecified atom stereocenters. The van der Waals surface area contributed by atoms with E-state index in [2.05, 4.69) is 10.2 Å². The monoisotopic (exact) mass is 194 g/mol. The number of amides is 1. The Kier molecular flexibility index (Phi) is 2.01. The molecule has 0 aromatic carbocycles. The molecule has 1 N–H and O–H groups in total. The maximum absolute atomic E-state index is 11.9. The molecule has 4 rings (SSSR count). The van der Waals surface area contributed by atoms with Crippen LogP contribution >= 0.6 is 0 Å². The fourth-order valence-electron chi connectivity index (χ4n) is 2.71. The quantitative estimate of drug-likeness (QED) is 0.663. The average Bonchev–Trinajstić information content (AvgIpc) is 3.05. The molecule has 4 fully saturated rings. The van der Waals surface area contributed by atoms with E-state index in [-0.39, 0.29) is 0 Å². The molecule has 2 bridgehead atoms. The number of nitrogens with zero attached hydrogens (tertiary/aromatic N) is 1. The van der Waals surface area contributed by atoms with Crippen molar-refractivity contribution in [2.24, 2.45) is 11.8 Å². The Morgan fingerprint density at radius 2 is 2.00 bits per heavy atom. The summed E-state index contributed by atoms with van der Waals surface area (Å²) in [5.74, 6) is 1.55. The first-order chi connectivity index (χ1) is 6.83. The van der Waals surface area contributed by atoms with E-state index in [1.165, 1.54) is 12.8 Å². The molecule has 0 spiro atoms. The van der Waals surface area contributed by atoms with Crippen LogP contribution in [0.1, 0.15) is 25.7 Å². The van der Waals surface area contributed by atoms with Gasteiger partial charge in [-0.1, -0.05) is 0 Å². The molecular weight excluding hydrogens is 176 g/mol. The van der Waals surface area contributed by atoms with Gasteiger partial charge in [-0.2, -0.15) is 0 Å². The number of nitrogens with one attached hydrogen (secondary N) is 1. The van der Waals surface area contributed by atoms with Crippen molar-refractivity contribution in [3.05, 3.63) is 0 Å². The van der Waals surface area contributed by atoms with Gasteiger partial charge in [0, 0.05) is 25.0 Å². The van der Waals surface area contributed by atoms with Crippen LogP contribution in [0, 0.1) is 11.8 Å². The second-order valence-corrected chi connectivity index (χ2v) is 5.07. The lowest BCUT2D eigenvalue weighted by molar-refractivity contribution is -0.132. The van der Waals surface area contributed by atoms with E-state index in [4.69, 9.17) is 0 Å². The molecule has 4 aliphatic rings. The van der Waals surface area contributed by atoms with Crippen LogP contribution in [0.2, 0.25) is 0 Å². The Labute approximate surface area is 84.8 Å². The van der Waals surface area contributed by atoms with Crippen LogP contribution in [0.4, 0.5) is 0 Å². The first-order valence-corrected chi connectivity index (χ1v) is 5.85. The van der Waals surface area contributed by atoms with E-state index in [0.29, 0.717) is 17.9 Å². The summed E-state index contributed by atoms with van der Waals surface area (Å²) in [5, 5.41) is 3.53. The van der Waals surface area contributed by atoms with E-state index < -0.39 is 0 Å². The minimum atomic E-state index is 0.396. The second-order valence-electron chi connectivity index (χ2n) is 5.07. The molecule has 1 amide bonds. The summed E-state index contributed by atoms with van der Waals surface area (Å²) in [7, 11) is 0. The molecule has 3 heterocycles. The first-order valence-electron chi connectivity index (χ1n) is 5.85. The highest BCUT2D eigenvalue weighted by Gasteiger charge is 2.37. The zero-order chi connectivity index (χ0) is 9.54. The van der Waals surface area contributed by atoms with Gasteiger partial charge in [-0.3, -0.25) is 4.79 Å². The van der Waals surface area contributed by atoms with Crippen molar-refractivity contribution in [3.8, 4) is 0 Å². The third-order valence-electron chi connectivity index (χ3n) is 3.78. The fourth-order valence-corrected chi connectivity index (χ4v) is 2.71. The fraction of sp³-hybridized carbons (Fsp3) is 0.909. The highest BCUT2D eigenvalue weighted by molar-refractivity contribution is 5.81. The zero-order valence-electron chi connectivity index (χ0n) is 8.54. The van der Waals surface area contributed by atoms with E-state index in [9.17, 15) is 4.79 Å². The lowest BCUT2D eigenvalue weighted by Gasteiger charge is -2.23. The second kappa shape index (κ2) is 3.23. The topological polar surface area (TPSA) is 32.3 Å². The van der Waals surface area contributed by atoms with Crippen LogP contribution < -0.4 is 5.32 Å². The third-order valence-corrected chi connectivity index (χ3v) is 3.78. The molecule has 1 aliphatic carbocycles. The van der Waals surface area contributed by atoms with Crippen molar-refractivity contribution >= 4 is 5.91 Å². The Balaban J connectivity index is 1.71. The van der Waals surface area contributed by atoms with E-state index in [1.54, 1.807) is 0 Å². The lowest BCUT2D eigenvalue weighted by Crippen LogP contribution is -2.41. The van der Waals surface area contributed by atoms with Crippen molar-refractivity contribution in [3.63, 3.8) is 0 Å². The summed E-state index contributed by atoms with van der Waals surface area (Å²) in [4.78, 5) is 14.1. The zero-order valence-corrected chi connectivity index (χ0v) is 8.54. The van der Waals surface area contributed by atoms with Gasteiger partial charge in [-0.05, 0) is 38.1 Å². The molecular formula is C11H18N2O. The number of rotatable bonds is 1. The van der Waals surface area contributed by atoms with Crippen molar-refractivity contribution in [2.45, 2.75) is 31.7 Å². The van der Waals surface area contributed by atoms with Crippen molar-refractivity contribution in [2.75, 3.05) is 19.6 Å². The lowest BCUT2D eigenvalue weighted by atomic mass is 9.97. The van der Waals surface area contributed by atoms with Crippen molar-refractivity contribution in [1.29, 1.82) is 0 Å². The van der Waals surface area contributed by atoms with Gasteiger partial charge in [-0.25, -0.2) is 0 Å². The largest absolute Gasteiger partial charge is 0.341 e. The van der Waals surface area contributed by atoms with Crippen molar-refractivity contribution in [1.82, 2.24) is 10.2 Å². The number of fused-ring (bicyclic) bond motifs is 4. The smallest absolute Gasteiger partial charge is 0.225 e. The van der Waals surface area contributed by atoms with Crippen LogP contribution in [0.15, 0.2) is 0 Å². The maximum Gasteiger partial charge on any atom is 0.225 e. The third kappa shape index (κ3) is 1.54. The van der Waals surface area contributed by atoms with Crippen LogP contribution in [0.25, 0.3) is 0 Å². The van der Waals surface area contributed by atoms with E-state index in [1.807, 2.05) is 0 Å². The summed E-state index contributed by atoms with van der Waals surface area (Å²) in [6.45, 7) is 3.10. The predicted octanol–water partition coefficient (Wildman–Crippen LogP) is 0.607. The minimum Gasteiger partial charge on any atom is -0.341 e. The van der Waals surface area contributed by atoms with Gasteiger partial charge in [0.1, 0.15) is 0 Å². The van der Waals surface area contributed by atoms with Crippen molar-refractivity contribution < 1.29 is 4.79 Å². The van der Waals surface area contributed by atoms with Gasteiger partial charge < -0.3 is 10.2 Å². The normalized spacial score (nSPS) is 37.0. The predicted molar refractivity (Wildman–Crippen MR) is 53.8 cm³/mol. The molecule has 0 radical (unpaired) electrons. The first kappa shape index (κ1) is 8.72. The van der Waals surface area contributed by atoms with Gasteiger partial charge in [0.15, 0.2) is 0 Å². The molecule has 3 heteroatoms. The Morgan fingerprint density at radius 3 is 2.64 bits per heavy atom. The van der Waals surface area contributed by atoms with Crippen LogP contribution in [-0.2, 0) is 4.79 Å². The highest BCUT2D eigenvalue weighted by Crippen LogP contribution is 2.32. The summed E-state index contributed by atoms with van der Waals surface area (Å²) in [5.41, 5.74) is 0. The summed E-state index contributed by atoms with van der Waals surface area (Å²) >= 11 is 0. The number of hydrogen-bond donors (Lipinski definition) is 1. The Morgan fingerprint density at radius 1 is 1.14 bits per heavy atom. The van der Waals surface area contributed by atoms with Gasteiger partial charge in [-0.15, -0.1) is 0 Å². The molecule has 1 saturated carbocycles. The molecule has 0 aromatic heterocycles. The molecule has 3 nitrogen and oxygen atoms in total. The van der Waals surface area contributed by atoms with Crippen LogP contribution in [0.3, 0.4) is 0 Å². The number of carbonyl (C=O) groups is 1.